The Labute approximate surface area is 72.3 Å². The summed E-state index contributed by atoms with van der Waals surface area (Å²) in [5, 5.41) is 0. The van der Waals surface area contributed by atoms with E-state index in [0.717, 1.165) is 5.76 Å². The van der Waals surface area contributed by atoms with Crippen LogP contribution in [0.5, 0.6) is 0 Å². The van der Waals surface area contributed by atoms with Crippen LogP contribution in [0.25, 0.3) is 0 Å². The highest BCUT2D eigenvalue weighted by Gasteiger charge is 2.20. The van der Waals surface area contributed by atoms with Crippen molar-refractivity contribution in [3.63, 3.8) is 0 Å². The van der Waals surface area contributed by atoms with Gasteiger partial charge in [0, 0.05) is 10.8 Å². The first-order valence-electron chi connectivity index (χ1n) is 3.51. The minimum atomic E-state index is 0.294. The molecule has 3 heteroatoms. The maximum atomic E-state index is 5.24. The lowest BCUT2D eigenvalue weighted by atomic mass is 10.1. The van der Waals surface area contributed by atoms with Gasteiger partial charge < -0.3 is 9.47 Å². The van der Waals surface area contributed by atoms with Crippen LogP contribution < -0.4 is 0 Å². The molecule has 0 aromatic heterocycles. The highest BCUT2D eigenvalue weighted by molar-refractivity contribution is 7.84. The number of thiol groups is 1. The summed E-state index contributed by atoms with van der Waals surface area (Å²) in [6.07, 6.45) is 0. The van der Waals surface area contributed by atoms with Gasteiger partial charge in [0.2, 0.25) is 6.79 Å². The zero-order valence-corrected chi connectivity index (χ0v) is 7.65. The van der Waals surface area contributed by atoms with Crippen LogP contribution in [0.4, 0.5) is 0 Å². The lowest BCUT2D eigenvalue weighted by molar-refractivity contribution is 0.0673. The van der Waals surface area contributed by atoms with E-state index in [1.165, 1.54) is 0 Å². The molecule has 11 heavy (non-hydrogen) atoms. The fourth-order valence-corrected chi connectivity index (χ4v) is 1.12. The van der Waals surface area contributed by atoms with Gasteiger partial charge in [0.1, 0.15) is 5.76 Å². The molecule has 1 aliphatic rings. The van der Waals surface area contributed by atoms with E-state index in [4.69, 9.17) is 9.47 Å². The number of hydrogen-bond acceptors (Lipinski definition) is 3. The summed E-state index contributed by atoms with van der Waals surface area (Å²) in [5.74, 6) is 1.88. The zero-order chi connectivity index (χ0) is 8.43. The Bertz CT molecular complexity index is 206. The van der Waals surface area contributed by atoms with E-state index in [-0.39, 0.29) is 0 Å². The predicted octanol–water partition coefficient (Wildman–Crippen LogP) is 2.30. The van der Waals surface area contributed by atoms with Crippen LogP contribution in [0.3, 0.4) is 0 Å². The summed E-state index contributed by atoms with van der Waals surface area (Å²) in [7, 11) is 0. The molecule has 0 spiro atoms. The van der Waals surface area contributed by atoms with E-state index in [1.807, 2.05) is 13.8 Å². The van der Waals surface area contributed by atoms with Crippen molar-refractivity contribution in [3.05, 3.63) is 23.0 Å². The maximum absolute atomic E-state index is 5.24. The lowest BCUT2D eigenvalue weighted by Gasteiger charge is -2.05. The van der Waals surface area contributed by atoms with Crippen molar-refractivity contribution in [2.24, 2.45) is 5.92 Å². The molecule has 2 nitrogen and oxygen atoms in total. The van der Waals surface area contributed by atoms with Gasteiger partial charge in [0.25, 0.3) is 0 Å². The number of hydrogen-bond donors (Lipinski definition) is 1. The summed E-state index contributed by atoms with van der Waals surface area (Å²) in [6, 6.07) is 0. The van der Waals surface area contributed by atoms with Crippen molar-refractivity contribution in [3.8, 4) is 0 Å². The third-order valence-corrected chi connectivity index (χ3v) is 1.63. The minimum absolute atomic E-state index is 0.294. The third kappa shape index (κ3) is 1.71. The Morgan fingerprint density at radius 2 is 2.18 bits per heavy atom. The van der Waals surface area contributed by atoms with Crippen molar-refractivity contribution in [2.75, 3.05) is 6.79 Å². The molecule has 0 atom stereocenters. The molecule has 0 aromatic rings. The molecule has 1 rings (SSSR count). The van der Waals surface area contributed by atoms with Crippen LogP contribution >= 0.6 is 12.6 Å². The SMILES string of the molecule is C=C(S)C1=C(C(C)C)OCO1. The second-order valence-corrected chi connectivity index (χ2v) is 3.24. The topological polar surface area (TPSA) is 18.5 Å². The summed E-state index contributed by atoms with van der Waals surface area (Å²) < 4.78 is 10.4. The first kappa shape index (κ1) is 8.53. The molecule has 0 bridgehead atoms. The van der Waals surface area contributed by atoms with Crippen LogP contribution in [0, 0.1) is 5.92 Å². The van der Waals surface area contributed by atoms with Crippen molar-refractivity contribution in [1.29, 1.82) is 0 Å². The molecule has 0 unspecified atom stereocenters. The van der Waals surface area contributed by atoms with Gasteiger partial charge in [-0.1, -0.05) is 20.4 Å². The molecule has 1 heterocycles. The van der Waals surface area contributed by atoms with E-state index >= 15 is 0 Å². The van der Waals surface area contributed by atoms with Crippen molar-refractivity contribution in [1.82, 2.24) is 0 Å². The Morgan fingerprint density at radius 3 is 2.55 bits per heavy atom. The van der Waals surface area contributed by atoms with Gasteiger partial charge in [0.05, 0.1) is 0 Å². The summed E-state index contributed by atoms with van der Waals surface area (Å²) in [4.78, 5) is 0.631. The van der Waals surface area contributed by atoms with Crippen LogP contribution in [-0.2, 0) is 9.47 Å². The molecule has 0 aromatic carbocycles. The van der Waals surface area contributed by atoms with Gasteiger partial charge in [-0.15, -0.1) is 12.6 Å². The summed E-state index contributed by atoms with van der Waals surface area (Å²) >= 11 is 4.09. The fraction of sp³-hybridized carbons (Fsp3) is 0.500. The molecular formula is C8H12O2S. The molecule has 0 saturated carbocycles. The van der Waals surface area contributed by atoms with Gasteiger partial charge in [-0.2, -0.15) is 0 Å². The molecule has 0 radical (unpaired) electrons. The van der Waals surface area contributed by atoms with E-state index < -0.39 is 0 Å². The van der Waals surface area contributed by atoms with Crippen LogP contribution in [0.15, 0.2) is 23.0 Å². The van der Waals surface area contributed by atoms with Crippen LogP contribution in [-0.4, -0.2) is 6.79 Å². The van der Waals surface area contributed by atoms with Crippen molar-refractivity contribution >= 4 is 12.6 Å². The van der Waals surface area contributed by atoms with E-state index in [2.05, 4.69) is 19.2 Å². The Kier molecular flexibility index (Phi) is 2.49. The molecule has 0 N–H and O–H groups in total. The lowest BCUT2D eigenvalue weighted by Crippen LogP contribution is -1.96. The van der Waals surface area contributed by atoms with Gasteiger partial charge in [0.15, 0.2) is 5.76 Å². The first-order chi connectivity index (χ1) is 5.13. The number of rotatable bonds is 2. The second-order valence-electron chi connectivity index (χ2n) is 2.70. The predicted molar refractivity (Wildman–Crippen MR) is 47.0 cm³/mol. The normalized spacial score (nSPS) is 16.7. The van der Waals surface area contributed by atoms with E-state index in [9.17, 15) is 0 Å². The van der Waals surface area contributed by atoms with E-state index in [1.54, 1.807) is 0 Å². The standard InChI is InChI=1S/C8H12O2S/c1-5(2)7-8(6(3)11)10-4-9-7/h5,11H,3-4H2,1-2H3. The smallest absolute Gasteiger partial charge is 0.230 e. The first-order valence-corrected chi connectivity index (χ1v) is 3.95. The summed E-state index contributed by atoms with van der Waals surface area (Å²) in [5.41, 5.74) is 0. The maximum Gasteiger partial charge on any atom is 0.230 e. The third-order valence-electron chi connectivity index (χ3n) is 1.43. The molecule has 0 saturated heterocycles. The molecule has 0 amide bonds. The average molecular weight is 172 g/mol. The number of ether oxygens (including phenoxy) is 2. The van der Waals surface area contributed by atoms with Gasteiger partial charge >= 0.3 is 0 Å². The fourth-order valence-electron chi connectivity index (χ4n) is 0.943. The minimum Gasteiger partial charge on any atom is -0.458 e. The molecule has 0 fully saturated rings. The van der Waals surface area contributed by atoms with Crippen molar-refractivity contribution in [2.45, 2.75) is 13.8 Å². The highest BCUT2D eigenvalue weighted by atomic mass is 32.1. The number of allylic oxidation sites excluding steroid dienone is 1. The Hall–Kier alpha value is -0.570. The zero-order valence-electron chi connectivity index (χ0n) is 6.76. The largest absolute Gasteiger partial charge is 0.458 e. The van der Waals surface area contributed by atoms with E-state index in [0.29, 0.717) is 23.4 Å². The molecule has 1 aliphatic heterocycles. The monoisotopic (exact) mass is 172 g/mol. The molecule has 62 valence electrons. The van der Waals surface area contributed by atoms with Gasteiger partial charge in [-0.3, -0.25) is 0 Å². The molecule has 0 aliphatic carbocycles. The average Bonchev–Trinajstić information content (AvgIpc) is 2.32. The van der Waals surface area contributed by atoms with Crippen LogP contribution in [0.1, 0.15) is 13.8 Å². The van der Waals surface area contributed by atoms with Crippen LogP contribution in [0.2, 0.25) is 0 Å². The molecular weight excluding hydrogens is 160 g/mol. The van der Waals surface area contributed by atoms with Gasteiger partial charge in [-0.05, 0) is 0 Å². The summed E-state index contributed by atoms with van der Waals surface area (Å²) in [6.45, 7) is 8.05. The van der Waals surface area contributed by atoms with Gasteiger partial charge in [-0.25, -0.2) is 0 Å². The highest BCUT2D eigenvalue weighted by Crippen LogP contribution is 2.28. The quantitative estimate of drug-likeness (QED) is 0.644. The Morgan fingerprint density at radius 1 is 1.55 bits per heavy atom. The Balaban J connectivity index is 2.86. The van der Waals surface area contributed by atoms with Crippen molar-refractivity contribution < 1.29 is 9.47 Å². The second kappa shape index (κ2) is 3.22.